The fraction of sp³-hybridized carbons (Fsp3) is 0. The first kappa shape index (κ1) is 34.1. The molecule has 0 saturated carbocycles. The molecule has 0 radical (unpaired) electrons. The number of furan rings is 2. The number of benzene rings is 9. The fourth-order valence-corrected chi connectivity index (χ4v) is 9.86. The third-order valence-electron chi connectivity index (χ3n) is 12.6. The number of para-hydroxylation sites is 4. The summed E-state index contributed by atoms with van der Waals surface area (Å²) in [4.78, 5) is 0. The van der Waals surface area contributed by atoms with Crippen LogP contribution in [-0.4, -0.2) is 9.13 Å². The lowest BCUT2D eigenvalue weighted by molar-refractivity contribution is 0.672. The van der Waals surface area contributed by atoms with Crippen molar-refractivity contribution < 1.29 is 8.83 Å². The van der Waals surface area contributed by atoms with Crippen LogP contribution in [0.5, 0.6) is 0 Å². The summed E-state index contributed by atoms with van der Waals surface area (Å²) in [5.41, 5.74) is 14.5. The molecule has 0 aliphatic rings. The van der Waals surface area contributed by atoms with Crippen LogP contribution in [0.4, 0.5) is 0 Å². The van der Waals surface area contributed by atoms with Crippen LogP contribution in [0.2, 0.25) is 0 Å². The molecule has 4 heterocycles. The monoisotopic (exact) mass is 790 g/mol. The van der Waals surface area contributed by atoms with Crippen LogP contribution in [0.15, 0.2) is 191 Å². The number of hydrogen-bond donors (Lipinski definition) is 0. The van der Waals surface area contributed by atoms with E-state index in [1.54, 1.807) is 6.07 Å². The molecule has 13 rings (SSSR count). The summed E-state index contributed by atoms with van der Waals surface area (Å²) in [6, 6.07) is 67.3. The van der Waals surface area contributed by atoms with E-state index in [0.717, 1.165) is 121 Å². The van der Waals surface area contributed by atoms with Crippen LogP contribution >= 0.6 is 0 Å². The molecule has 0 saturated heterocycles. The molecule has 9 aromatic carbocycles. The summed E-state index contributed by atoms with van der Waals surface area (Å²) in [6.45, 7) is 0. The van der Waals surface area contributed by atoms with Gasteiger partial charge in [-0.15, -0.1) is 0 Å². The molecular weight excluding hydrogens is 761 g/mol. The maximum absolute atomic E-state index is 9.70. The van der Waals surface area contributed by atoms with Gasteiger partial charge < -0.3 is 18.0 Å². The van der Waals surface area contributed by atoms with Gasteiger partial charge in [0.05, 0.1) is 61.8 Å². The van der Waals surface area contributed by atoms with Crippen LogP contribution in [0.3, 0.4) is 0 Å². The minimum Gasteiger partial charge on any atom is -0.455 e. The summed E-state index contributed by atoms with van der Waals surface area (Å²) in [7, 11) is 0. The molecule has 4 aromatic heterocycles. The van der Waals surface area contributed by atoms with Crippen molar-refractivity contribution in [2.45, 2.75) is 0 Å². The minimum absolute atomic E-state index is 0.456. The molecule has 62 heavy (non-hydrogen) atoms. The molecule has 286 valence electrons. The van der Waals surface area contributed by atoms with Gasteiger partial charge in [-0.3, -0.25) is 0 Å². The Morgan fingerprint density at radius 1 is 0.371 bits per heavy atom. The lowest BCUT2D eigenvalue weighted by Crippen LogP contribution is -2.01. The molecule has 6 heteroatoms. The highest BCUT2D eigenvalue weighted by Crippen LogP contribution is 2.45. The Balaban J connectivity index is 1.10. The van der Waals surface area contributed by atoms with Crippen molar-refractivity contribution in [1.29, 1.82) is 10.5 Å². The average Bonchev–Trinajstić information content (AvgIpc) is 4.09. The smallest absolute Gasteiger partial charge is 0.145 e. The van der Waals surface area contributed by atoms with E-state index >= 15 is 0 Å². The molecule has 0 atom stereocenters. The van der Waals surface area contributed by atoms with Crippen molar-refractivity contribution in [3.05, 3.63) is 193 Å². The lowest BCUT2D eigenvalue weighted by atomic mass is 9.96. The van der Waals surface area contributed by atoms with Gasteiger partial charge in [-0.1, -0.05) is 103 Å². The second-order valence-electron chi connectivity index (χ2n) is 15.9. The van der Waals surface area contributed by atoms with Crippen LogP contribution in [0.1, 0.15) is 11.1 Å². The van der Waals surface area contributed by atoms with Gasteiger partial charge in [-0.05, 0) is 95.6 Å². The average molecular weight is 791 g/mol. The number of nitriles is 2. The Kier molecular flexibility index (Phi) is 7.05. The topological polar surface area (TPSA) is 83.7 Å². The van der Waals surface area contributed by atoms with E-state index < -0.39 is 0 Å². The predicted octanol–water partition coefficient (Wildman–Crippen LogP) is 14.8. The van der Waals surface area contributed by atoms with Gasteiger partial charge in [0, 0.05) is 43.6 Å². The van der Waals surface area contributed by atoms with Crippen LogP contribution in [0, 0.1) is 22.7 Å². The highest BCUT2D eigenvalue weighted by atomic mass is 16.3. The molecular formula is C56H30N4O2. The Morgan fingerprint density at radius 3 is 1.45 bits per heavy atom. The van der Waals surface area contributed by atoms with Crippen molar-refractivity contribution in [3.63, 3.8) is 0 Å². The van der Waals surface area contributed by atoms with Crippen molar-refractivity contribution >= 4 is 87.5 Å². The molecule has 0 amide bonds. The summed E-state index contributed by atoms with van der Waals surface area (Å²) in [6.07, 6.45) is 0. The van der Waals surface area contributed by atoms with E-state index in [0.29, 0.717) is 11.1 Å². The van der Waals surface area contributed by atoms with Gasteiger partial charge in [-0.2, -0.15) is 10.5 Å². The molecule has 0 spiro atoms. The Bertz CT molecular complexity index is 4090. The largest absolute Gasteiger partial charge is 0.455 e. The Labute approximate surface area is 353 Å². The molecule has 0 unspecified atom stereocenters. The summed E-state index contributed by atoms with van der Waals surface area (Å²) < 4.78 is 18.1. The number of hydrogen-bond acceptors (Lipinski definition) is 4. The number of aromatic nitrogens is 2. The third-order valence-corrected chi connectivity index (χ3v) is 12.6. The first-order chi connectivity index (χ1) is 30.6. The molecule has 13 aromatic rings. The molecule has 6 nitrogen and oxygen atoms in total. The third kappa shape index (κ3) is 4.78. The van der Waals surface area contributed by atoms with E-state index in [1.807, 2.05) is 36.4 Å². The summed E-state index contributed by atoms with van der Waals surface area (Å²) in [5.74, 6) is 0. The van der Waals surface area contributed by atoms with E-state index in [2.05, 4.69) is 161 Å². The number of nitrogens with zero attached hydrogens (tertiary/aromatic N) is 4. The van der Waals surface area contributed by atoms with E-state index in [9.17, 15) is 10.5 Å². The fourth-order valence-electron chi connectivity index (χ4n) is 9.86. The summed E-state index contributed by atoms with van der Waals surface area (Å²) in [5, 5.41) is 28.2. The van der Waals surface area contributed by atoms with Gasteiger partial charge in [0.25, 0.3) is 0 Å². The van der Waals surface area contributed by atoms with E-state index in [-0.39, 0.29) is 0 Å². The maximum atomic E-state index is 9.70. The lowest BCUT2D eigenvalue weighted by Gasteiger charge is -2.18. The van der Waals surface area contributed by atoms with Crippen LogP contribution in [0.25, 0.3) is 121 Å². The van der Waals surface area contributed by atoms with Gasteiger partial charge in [0.2, 0.25) is 0 Å². The van der Waals surface area contributed by atoms with E-state index in [4.69, 9.17) is 8.83 Å². The van der Waals surface area contributed by atoms with Gasteiger partial charge in [-0.25, -0.2) is 0 Å². The molecule has 0 aliphatic carbocycles. The molecule has 0 aliphatic heterocycles. The van der Waals surface area contributed by atoms with Crippen molar-refractivity contribution in [3.8, 4) is 45.8 Å². The zero-order chi connectivity index (χ0) is 41.1. The number of fused-ring (bicyclic) bond motifs is 14. The zero-order valence-electron chi connectivity index (χ0n) is 32.9. The van der Waals surface area contributed by atoms with Crippen molar-refractivity contribution in [2.75, 3.05) is 0 Å². The molecule has 0 fully saturated rings. The maximum Gasteiger partial charge on any atom is 0.145 e. The van der Waals surface area contributed by atoms with Gasteiger partial charge in [0.15, 0.2) is 0 Å². The predicted molar refractivity (Wildman–Crippen MR) is 250 cm³/mol. The van der Waals surface area contributed by atoms with Crippen molar-refractivity contribution in [2.24, 2.45) is 0 Å². The second kappa shape index (κ2) is 12.8. The Hall–Kier alpha value is -8.84. The first-order valence-electron chi connectivity index (χ1n) is 20.5. The van der Waals surface area contributed by atoms with E-state index in [1.165, 1.54) is 0 Å². The normalized spacial score (nSPS) is 11.8. The minimum atomic E-state index is 0.456. The van der Waals surface area contributed by atoms with Gasteiger partial charge in [0.1, 0.15) is 22.3 Å². The molecule has 0 bridgehead atoms. The standard InChI is InChI=1S/C56H30N4O2/c57-31-33-27-34(32-58)29-37(28-33)35-17-19-36(20-18-35)39-22-21-38(59-46-13-5-1-11-44(46)53-48(59)25-23-42-40-9-3-7-15-51(40)61-55(42)53)30-50(39)60-47-14-6-2-12-45(47)54-49(60)26-24-43-41-10-4-8-16-52(41)62-56(43)54/h1-30H. The van der Waals surface area contributed by atoms with Crippen molar-refractivity contribution in [1.82, 2.24) is 9.13 Å². The quantitative estimate of drug-likeness (QED) is 0.178. The summed E-state index contributed by atoms with van der Waals surface area (Å²) >= 11 is 0. The first-order valence-corrected chi connectivity index (χ1v) is 20.5. The van der Waals surface area contributed by atoms with Crippen LogP contribution in [-0.2, 0) is 0 Å². The Morgan fingerprint density at radius 2 is 0.871 bits per heavy atom. The highest BCUT2D eigenvalue weighted by molar-refractivity contribution is 6.25. The van der Waals surface area contributed by atoms with Crippen LogP contribution < -0.4 is 0 Å². The highest BCUT2D eigenvalue weighted by Gasteiger charge is 2.23. The number of rotatable bonds is 4. The second-order valence-corrected chi connectivity index (χ2v) is 15.9. The molecule has 0 N–H and O–H groups in total. The zero-order valence-corrected chi connectivity index (χ0v) is 32.9. The SMILES string of the molecule is N#Cc1cc(C#N)cc(-c2ccc(-c3ccc(-n4c5ccccc5c5c6oc7ccccc7c6ccc54)cc3-n3c4ccccc4c4c5oc6ccccc6c5ccc43)cc2)c1. The van der Waals surface area contributed by atoms with Gasteiger partial charge >= 0.3 is 0 Å².